The van der Waals surface area contributed by atoms with Crippen molar-refractivity contribution < 1.29 is 9.47 Å². The lowest BCUT2D eigenvalue weighted by Crippen LogP contribution is -2.04. The zero-order valence-electron chi connectivity index (χ0n) is 8.62. The molecule has 1 aromatic heterocycles. The normalized spacial score (nSPS) is 9.86. The quantitative estimate of drug-likeness (QED) is 0.701. The van der Waals surface area contributed by atoms with E-state index in [-0.39, 0.29) is 0 Å². The largest absolute Gasteiger partial charge is 0.481 e. The van der Waals surface area contributed by atoms with Gasteiger partial charge in [0.25, 0.3) is 0 Å². The molecule has 0 spiro atoms. The van der Waals surface area contributed by atoms with Gasteiger partial charge in [0.2, 0.25) is 5.88 Å². The molecule has 1 heterocycles. The predicted molar refractivity (Wildman–Crippen MR) is 55.8 cm³/mol. The van der Waals surface area contributed by atoms with Crippen LogP contribution in [-0.4, -0.2) is 32.4 Å². The zero-order valence-corrected chi connectivity index (χ0v) is 8.62. The summed E-state index contributed by atoms with van der Waals surface area (Å²) in [5.74, 6) is 0.632. The Kier molecular flexibility index (Phi) is 4.78. The third kappa shape index (κ3) is 3.62. The molecule has 4 nitrogen and oxygen atoms in total. The van der Waals surface area contributed by atoms with Crippen molar-refractivity contribution in [3.05, 3.63) is 18.3 Å². The van der Waals surface area contributed by atoms with Gasteiger partial charge in [-0.05, 0) is 12.5 Å². The number of rotatable bonds is 6. The molecule has 0 bridgehead atoms. The number of hydrogen-bond acceptors (Lipinski definition) is 4. The highest BCUT2D eigenvalue weighted by Crippen LogP contribution is 2.10. The highest BCUT2D eigenvalue weighted by molar-refractivity contribution is 5.41. The molecular weight excluding hydrogens is 180 g/mol. The average molecular weight is 196 g/mol. The van der Waals surface area contributed by atoms with Gasteiger partial charge in [-0.3, -0.25) is 0 Å². The third-order valence-corrected chi connectivity index (χ3v) is 1.80. The number of hydrogen-bond donors (Lipinski definition) is 1. The topological polar surface area (TPSA) is 43.4 Å². The van der Waals surface area contributed by atoms with Crippen LogP contribution in [0, 0.1) is 0 Å². The van der Waals surface area contributed by atoms with Gasteiger partial charge < -0.3 is 14.8 Å². The molecule has 1 aromatic rings. The number of ether oxygens (including phenoxy) is 2. The fourth-order valence-electron chi connectivity index (χ4n) is 1.05. The van der Waals surface area contributed by atoms with Crippen LogP contribution in [0.25, 0.3) is 0 Å². The molecule has 1 rings (SSSR count). The number of anilines is 1. The highest BCUT2D eigenvalue weighted by atomic mass is 16.5. The van der Waals surface area contributed by atoms with Crippen molar-refractivity contribution >= 4 is 5.69 Å². The second-order valence-corrected chi connectivity index (χ2v) is 2.86. The van der Waals surface area contributed by atoms with Crippen molar-refractivity contribution in [3.8, 4) is 5.88 Å². The van der Waals surface area contributed by atoms with Crippen molar-refractivity contribution in [2.45, 2.75) is 6.42 Å². The molecule has 0 saturated carbocycles. The average Bonchev–Trinajstić information content (AvgIpc) is 2.25. The van der Waals surface area contributed by atoms with Gasteiger partial charge in [0.05, 0.1) is 19.0 Å². The van der Waals surface area contributed by atoms with Crippen LogP contribution in [0.1, 0.15) is 6.42 Å². The van der Waals surface area contributed by atoms with E-state index >= 15 is 0 Å². The highest BCUT2D eigenvalue weighted by Gasteiger charge is 1.93. The van der Waals surface area contributed by atoms with E-state index in [1.54, 1.807) is 20.4 Å². The second-order valence-electron chi connectivity index (χ2n) is 2.86. The standard InChI is InChI=1S/C10H16N2O2/c1-13-7-3-6-11-9-4-5-10(14-2)12-8-9/h4-5,8,11H,3,6-7H2,1-2H3. The van der Waals surface area contributed by atoms with Crippen LogP contribution in [0.4, 0.5) is 5.69 Å². The van der Waals surface area contributed by atoms with E-state index in [2.05, 4.69) is 10.3 Å². The molecule has 0 aliphatic carbocycles. The molecule has 78 valence electrons. The fraction of sp³-hybridized carbons (Fsp3) is 0.500. The lowest BCUT2D eigenvalue weighted by atomic mass is 10.4. The molecule has 0 aliphatic rings. The first-order valence-corrected chi connectivity index (χ1v) is 4.59. The molecule has 0 fully saturated rings. The summed E-state index contributed by atoms with van der Waals surface area (Å²) < 4.78 is 9.89. The van der Waals surface area contributed by atoms with Gasteiger partial charge >= 0.3 is 0 Å². The predicted octanol–water partition coefficient (Wildman–Crippen LogP) is 1.54. The third-order valence-electron chi connectivity index (χ3n) is 1.80. The Hall–Kier alpha value is -1.29. The lowest BCUT2D eigenvalue weighted by molar-refractivity contribution is 0.198. The Bertz CT molecular complexity index is 249. The van der Waals surface area contributed by atoms with Crippen LogP contribution < -0.4 is 10.1 Å². The van der Waals surface area contributed by atoms with E-state index in [1.807, 2.05) is 12.1 Å². The Morgan fingerprint density at radius 3 is 2.79 bits per heavy atom. The first kappa shape index (κ1) is 10.8. The fourth-order valence-corrected chi connectivity index (χ4v) is 1.05. The number of nitrogens with zero attached hydrogens (tertiary/aromatic N) is 1. The maximum Gasteiger partial charge on any atom is 0.213 e. The number of methoxy groups -OCH3 is 2. The Balaban J connectivity index is 2.29. The van der Waals surface area contributed by atoms with Gasteiger partial charge in [-0.25, -0.2) is 4.98 Å². The van der Waals surface area contributed by atoms with E-state index in [0.717, 1.165) is 25.3 Å². The first-order valence-electron chi connectivity index (χ1n) is 4.59. The van der Waals surface area contributed by atoms with Crippen LogP contribution in [0.2, 0.25) is 0 Å². The summed E-state index contributed by atoms with van der Waals surface area (Å²) in [5.41, 5.74) is 1.00. The smallest absolute Gasteiger partial charge is 0.213 e. The van der Waals surface area contributed by atoms with Crippen LogP contribution in [0.3, 0.4) is 0 Å². The summed E-state index contributed by atoms with van der Waals surface area (Å²) in [7, 11) is 3.31. The molecule has 0 amide bonds. The summed E-state index contributed by atoms with van der Waals surface area (Å²) in [6.07, 6.45) is 2.74. The number of nitrogens with one attached hydrogen (secondary N) is 1. The number of aromatic nitrogens is 1. The van der Waals surface area contributed by atoms with Gasteiger partial charge in [0.15, 0.2) is 0 Å². The SMILES string of the molecule is COCCCNc1ccc(OC)nc1. The molecular formula is C10H16N2O2. The minimum atomic E-state index is 0.632. The maximum absolute atomic E-state index is 4.95. The second kappa shape index (κ2) is 6.21. The monoisotopic (exact) mass is 196 g/mol. The molecule has 0 radical (unpaired) electrons. The molecule has 0 atom stereocenters. The van der Waals surface area contributed by atoms with Crippen LogP contribution in [-0.2, 0) is 4.74 Å². The minimum absolute atomic E-state index is 0.632. The van der Waals surface area contributed by atoms with Crippen LogP contribution in [0.5, 0.6) is 5.88 Å². The lowest BCUT2D eigenvalue weighted by Gasteiger charge is -2.05. The molecule has 4 heteroatoms. The zero-order chi connectivity index (χ0) is 10.2. The Morgan fingerprint density at radius 1 is 1.36 bits per heavy atom. The van der Waals surface area contributed by atoms with Crippen molar-refractivity contribution in [3.63, 3.8) is 0 Å². The van der Waals surface area contributed by atoms with E-state index in [4.69, 9.17) is 9.47 Å². The Labute approximate surface area is 84.3 Å². The Morgan fingerprint density at radius 2 is 2.21 bits per heavy atom. The molecule has 0 saturated heterocycles. The maximum atomic E-state index is 4.95. The van der Waals surface area contributed by atoms with Gasteiger partial charge in [-0.2, -0.15) is 0 Å². The van der Waals surface area contributed by atoms with Crippen LogP contribution in [0.15, 0.2) is 18.3 Å². The van der Waals surface area contributed by atoms with Crippen molar-refractivity contribution in [1.29, 1.82) is 0 Å². The molecule has 14 heavy (non-hydrogen) atoms. The van der Waals surface area contributed by atoms with Gasteiger partial charge in [-0.15, -0.1) is 0 Å². The number of pyridine rings is 1. The molecule has 0 aromatic carbocycles. The van der Waals surface area contributed by atoms with E-state index in [1.165, 1.54) is 0 Å². The van der Waals surface area contributed by atoms with E-state index < -0.39 is 0 Å². The van der Waals surface area contributed by atoms with Gasteiger partial charge in [0.1, 0.15) is 0 Å². The minimum Gasteiger partial charge on any atom is -0.481 e. The van der Waals surface area contributed by atoms with E-state index in [9.17, 15) is 0 Å². The van der Waals surface area contributed by atoms with Gasteiger partial charge in [-0.1, -0.05) is 0 Å². The first-order chi connectivity index (χ1) is 6.86. The summed E-state index contributed by atoms with van der Waals surface area (Å²) in [6.45, 7) is 1.67. The van der Waals surface area contributed by atoms with Crippen molar-refractivity contribution in [2.75, 3.05) is 32.7 Å². The molecule has 0 unspecified atom stereocenters. The van der Waals surface area contributed by atoms with Crippen molar-refractivity contribution in [1.82, 2.24) is 4.98 Å². The molecule has 1 N–H and O–H groups in total. The molecule has 0 aliphatic heterocycles. The summed E-state index contributed by atoms with van der Waals surface area (Å²) >= 11 is 0. The summed E-state index contributed by atoms with van der Waals surface area (Å²) in [5, 5.41) is 3.23. The summed E-state index contributed by atoms with van der Waals surface area (Å²) in [4.78, 5) is 4.08. The van der Waals surface area contributed by atoms with Crippen LogP contribution >= 0.6 is 0 Å². The van der Waals surface area contributed by atoms with Gasteiger partial charge in [0, 0.05) is 26.3 Å². The van der Waals surface area contributed by atoms with E-state index in [0.29, 0.717) is 5.88 Å². The van der Waals surface area contributed by atoms with Crippen molar-refractivity contribution in [2.24, 2.45) is 0 Å². The summed E-state index contributed by atoms with van der Waals surface area (Å²) in [6, 6.07) is 3.78.